The maximum absolute atomic E-state index is 13.7. The van der Waals surface area contributed by atoms with Crippen LogP contribution in [0.15, 0.2) is 82.2 Å². The Morgan fingerprint density at radius 3 is 2.14 bits per heavy atom. The van der Waals surface area contributed by atoms with Crippen molar-refractivity contribution in [2.24, 2.45) is 4.99 Å². The van der Waals surface area contributed by atoms with Gasteiger partial charge in [0, 0.05) is 5.56 Å². The van der Waals surface area contributed by atoms with Crippen molar-refractivity contribution in [1.82, 2.24) is 9.66 Å². The van der Waals surface area contributed by atoms with Gasteiger partial charge in [0.15, 0.2) is 17.3 Å². The van der Waals surface area contributed by atoms with E-state index >= 15 is 0 Å². The summed E-state index contributed by atoms with van der Waals surface area (Å²) in [4.78, 5) is 36.6. The van der Waals surface area contributed by atoms with Gasteiger partial charge in [-0.25, -0.2) is 9.98 Å². The molecular weight excluding hydrogens is 472 g/mol. The van der Waals surface area contributed by atoms with Crippen LogP contribution in [0.2, 0.25) is 0 Å². The molecule has 1 aromatic heterocycles. The van der Waals surface area contributed by atoms with E-state index < -0.39 is 5.91 Å². The second kappa shape index (κ2) is 9.62. The Kier molecular flexibility index (Phi) is 6.19. The Morgan fingerprint density at radius 2 is 1.49 bits per heavy atom. The predicted molar refractivity (Wildman–Crippen MR) is 142 cm³/mol. The van der Waals surface area contributed by atoms with Crippen LogP contribution in [-0.4, -0.2) is 42.7 Å². The number of fused-ring (bicyclic) bond motifs is 1. The molecule has 4 aromatic rings. The lowest BCUT2D eigenvalue weighted by Crippen LogP contribution is -2.47. The fraction of sp³-hybridized carbons (Fsp3) is 0.143. The van der Waals surface area contributed by atoms with E-state index in [4.69, 9.17) is 19.2 Å². The molecule has 0 radical (unpaired) electrons. The molecule has 2 heterocycles. The molecule has 1 aliphatic rings. The summed E-state index contributed by atoms with van der Waals surface area (Å²) in [6.07, 6.45) is 1.61. The van der Waals surface area contributed by atoms with Gasteiger partial charge >= 0.3 is 0 Å². The summed E-state index contributed by atoms with van der Waals surface area (Å²) >= 11 is 0. The second-order valence-electron chi connectivity index (χ2n) is 8.20. The van der Waals surface area contributed by atoms with Crippen LogP contribution < -0.4 is 24.8 Å². The Balaban J connectivity index is 1.66. The summed E-state index contributed by atoms with van der Waals surface area (Å²) in [7, 11) is 4.55. The molecule has 0 aliphatic carbocycles. The van der Waals surface area contributed by atoms with Crippen molar-refractivity contribution < 1.29 is 19.0 Å². The van der Waals surface area contributed by atoms with Gasteiger partial charge in [-0.2, -0.15) is 9.69 Å². The molecule has 0 saturated heterocycles. The number of carbonyl (C=O) groups is 1. The van der Waals surface area contributed by atoms with Gasteiger partial charge in [0.25, 0.3) is 11.5 Å². The van der Waals surface area contributed by atoms with E-state index in [1.165, 1.54) is 31.0 Å². The molecule has 9 heteroatoms. The lowest BCUT2D eigenvalue weighted by molar-refractivity contribution is -0.115. The molecule has 0 N–H and O–H groups in total. The molecule has 3 aromatic carbocycles. The van der Waals surface area contributed by atoms with Gasteiger partial charge in [0.2, 0.25) is 5.75 Å². The lowest BCUT2D eigenvalue weighted by atomic mass is 10.1. The van der Waals surface area contributed by atoms with E-state index in [0.717, 1.165) is 0 Å². The van der Waals surface area contributed by atoms with Crippen LogP contribution in [0.25, 0.3) is 28.4 Å². The van der Waals surface area contributed by atoms with Crippen molar-refractivity contribution in [1.29, 1.82) is 0 Å². The zero-order valence-corrected chi connectivity index (χ0v) is 20.8. The number of hydrogen-bond acceptors (Lipinski definition) is 7. The first-order chi connectivity index (χ1) is 18.0. The lowest BCUT2D eigenvalue weighted by Gasteiger charge is -2.22. The number of para-hydroxylation sites is 1. The van der Waals surface area contributed by atoms with Crippen LogP contribution in [0, 0.1) is 0 Å². The van der Waals surface area contributed by atoms with E-state index in [1.54, 1.807) is 43.3 Å². The number of methoxy groups -OCH3 is 3. The summed E-state index contributed by atoms with van der Waals surface area (Å²) in [5.41, 5.74) is 1.61. The molecule has 0 fully saturated rings. The standard InChI is InChI=1S/C28H24N4O5/c1-17-29-22(14-18-15-23(35-2)25(37-4)24(16-18)36-3)28(34)31(17)32-26(19-10-6-5-7-11-19)30-21-13-9-8-12-20(21)27(32)33/h5-16H,1-4H3/b22-14+. The zero-order chi connectivity index (χ0) is 26.1. The molecule has 37 heavy (non-hydrogen) atoms. The average Bonchev–Trinajstić information content (AvgIpc) is 3.20. The monoisotopic (exact) mass is 496 g/mol. The number of carbonyl (C=O) groups excluding carboxylic acids is 1. The number of amidine groups is 1. The maximum Gasteiger partial charge on any atom is 0.297 e. The molecule has 0 spiro atoms. The van der Waals surface area contributed by atoms with Gasteiger partial charge in [0.05, 0.1) is 32.2 Å². The second-order valence-corrected chi connectivity index (χ2v) is 8.20. The van der Waals surface area contributed by atoms with Gasteiger partial charge < -0.3 is 14.2 Å². The zero-order valence-electron chi connectivity index (χ0n) is 20.8. The molecular formula is C28H24N4O5. The summed E-state index contributed by atoms with van der Waals surface area (Å²) in [6.45, 7) is 1.67. The van der Waals surface area contributed by atoms with Crippen LogP contribution in [0.1, 0.15) is 12.5 Å². The molecule has 0 atom stereocenters. The van der Waals surface area contributed by atoms with E-state index in [-0.39, 0.29) is 11.3 Å². The fourth-order valence-corrected chi connectivity index (χ4v) is 4.28. The Morgan fingerprint density at radius 1 is 0.838 bits per heavy atom. The minimum absolute atomic E-state index is 0.144. The smallest absolute Gasteiger partial charge is 0.297 e. The maximum atomic E-state index is 13.7. The SMILES string of the molecule is COc1cc(/C=C2/N=C(C)N(n3c(-c4ccccc4)nc4ccccc4c3=O)C2=O)cc(OC)c1OC. The van der Waals surface area contributed by atoms with E-state index in [0.29, 0.717) is 50.9 Å². The van der Waals surface area contributed by atoms with Crippen molar-refractivity contribution in [3.8, 4) is 28.6 Å². The van der Waals surface area contributed by atoms with Crippen molar-refractivity contribution in [2.45, 2.75) is 6.92 Å². The van der Waals surface area contributed by atoms with Crippen LogP contribution >= 0.6 is 0 Å². The Labute approximate surface area is 212 Å². The molecule has 1 amide bonds. The predicted octanol–water partition coefficient (Wildman–Crippen LogP) is 4.03. The molecule has 0 unspecified atom stereocenters. The highest BCUT2D eigenvalue weighted by Gasteiger charge is 2.33. The summed E-state index contributed by atoms with van der Waals surface area (Å²) < 4.78 is 17.5. The van der Waals surface area contributed by atoms with Crippen molar-refractivity contribution in [3.63, 3.8) is 0 Å². The summed E-state index contributed by atoms with van der Waals surface area (Å²) in [5, 5.41) is 1.65. The third-order valence-electron chi connectivity index (χ3n) is 5.98. The highest BCUT2D eigenvalue weighted by atomic mass is 16.5. The Bertz CT molecular complexity index is 1610. The quantitative estimate of drug-likeness (QED) is 0.374. The molecule has 186 valence electrons. The third-order valence-corrected chi connectivity index (χ3v) is 5.98. The topological polar surface area (TPSA) is 95.2 Å². The highest BCUT2D eigenvalue weighted by molar-refractivity contribution is 6.24. The van der Waals surface area contributed by atoms with E-state index in [9.17, 15) is 9.59 Å². The van der Waals surface area contributed by atoms with Crippen LogP contribution in [0.3, 0.4) is 0 Å². The minimum Gasteiger partial charge on any atom is -0.493 e. The van der Waals surface area contributed by atoms with Gasteiger partial charge in [0.1, 0.15) is 11.5 Å². The first-order valence-corrected chi connectivity index (χ1v) is 11.5. The van der Waals surface area contributed by atoms with Crippen LogP contribution in [0.4, 0.5) is 0 Å². The number of rotatable bonds is 6. The minimum atomic E-state index is -0.470. The number of benzene rings is 3. The van der Waals surface area contributed by atoms with E-state index in [1.807, 2.05) is 36.4 Å². The third kappa shape index (κ3) is 4.10. The number of aliphatic imine (C=N–C) groups is 1. The Hall–Kier alpha value is -4.92. The van der Waals surface area contributed by atoms with Gasteiger partial charge in [-0.1, -0.05) is 42.5 Å². The largest absolute Gasteiger partial charge is 0.493 e. The van der Waals surface area contributed by atoms with Crippen molar-refractivity contribution >= 4 is 28.7 Å². The van der Waals surface area contributed by atoms with Gasteiger partial charge in [-0.05, 0) is 42.8 Å². The molecule has 1 aliphatic heterocycles. The number of nitrogens with zero attached hydrogens (tertiary/aromatic N) is 4. The van der Waals surface area contributed by atoms with Gasteiger partial charge in [-0.3, -0.25) is 9.59 Å². The van der Waals surface area contributed by atoms with Crippen molar-refractivity contribution in [3.05, 3.63) is 88.3 Å². The van der Waals surface area contributed by atoms with Crippen LogP contribution in [-0.2, 0) is 4.79 Å². The van der Waals surface area contributed by atoms with Crippen LogP contribution in [0.5, 0.6) is 17.2 Å². The molecule has 5 rings (SSSR count). The summed E-state index contributed by atoms with van der Waals surface area (Å²) in [5.74, 6) is 1.52. The van der Waals surface area contributed by atoms with Crippen molar-refractivity contribution in [2.75, 3.05) is 26.3 Å². The number of ether oxygens (including phenoxy) is 3. The molecule has 0 bridgehead atoms. The number of aromatic nitrogens is 2. The first kappa shape index (κ1) is 23.8. The molecule has 9 nitrogen and oxygen atoms in total. The fourth-order valence-electron chi connectivity index (χ4n) is 4.28. The summed E-state index contributed by atoms with van der Waals surface area (Å²) in [6, 6.07) is 19.7. The average molecular weight is 497 g/mol. The van der Waals surface area contributed by atoms with Gasteiger partial charge in [-0.15, -0.1) is 0 Å². The number of hydrogen-bond donors (Lipinski definition) is 0. The highest BCUT2D eigenvalue weighted by Crippen LogP contribution is 2.39. The molecule has 0 saturated carbocycles. The van der Waals surface area contributed by atoms with E-state index in [2.05, 4.69) is 4.99 Å². The first-order valence-electron chi connectivity index (χ1n) is 11.5. The normalized spacial score (nSPS) is 14.3. The number of amides is 1.